The molecule has 52 valence electrons. The molecule has 9 heavy (non-hydrogen) atoms. The Labute approximate surface area is 57.6 Å². The number of aromatic nitrogens is 3. The van der Waals surface area contributed by atoms with E-state index in [1.807, 2.05) is 0 Å². The van der Waals surface area contributed by atoms with Gasteiger partial charge in [-0.1, -0.05) is 0 Å². The van der Waals surface area contributed by atoms with Crippen molar-refractivity contribution in [2.45, 2.75) is 0 Å². The number of H-pyrrole nitrogens is 1. The molecular weight excluding hydrogens is 176 g/mol. The molecule has 0 aromatic carbocycles. The summed E-state index contributed by atoms with van der Waals surface area (Å²) in [5.41, 5.74) is 0. The Balaban J connectivity index is 2.98. The maximum atomic E-state index is 9.83. The van der Waals surface area contributed by atoms with Crippen LogP contribution >= 0.6 is 0 Å². The topological polar surface area (TPSA) is 84.7 Å². The first kappa shape index (κ1) is 6.18. The SMILES string of the molecule is O=[N+]([O-])c1n[nH][c]([Cu])n1. The second-order valence-corrected chi connectivity index (χ2v) is 1.59. The third-order valence-corrected chi connectivity index (χ3v) is 0.803. The monoisotopic (exact) mass is 176 g/mol. The first-order valence-corrected chi connectivity index (χ1v) is 2.35. The Morgan fingerprint density at radius 1 is 1.78 bits per heavy atom. The number of hydrogen-bond acceptors (Lipinski definition) is 4. The van der Waals surface area contributed by atoms with Crippen molar-refractivity contribution in [3.63, 3.8) is 0 Å². The molecule has 0 amide bonds. The molecule has 0 unspecified atom stereocenters. The Morgan fingerprint density at radius 2 is 2.44 bits per heavy atom. The van der Waals surface area contributed by atoms with Crippen LogP contribution in [0.5, 0.6) is 0 Å². The van der Waals surface area contributed by atoms with Crippen molar-refractivity contribution in [1.29, 1.82) is 0 Å². The van der Waals surface area contributed by atoms with Crippen molar-refractivity contribution >= 4 is 10.7 Å². The van der Waals surface area contributed by atoms with Crippen LogP contribution < -0.4 is 4.72 Å². The molecule has 0 saturated heterocycles. The van der Waals surface area contributed by atoms with Gasteiger partial charge in [0.05, 0.1) is 0 Å². The Hall–Kier alpha value is -0.941. The van der Waals surface area contributed by atoms with Gasteiger partial charge in [0.2, 0.25) is 0 Å². The summed E-state index contributed by atoms with van der Waals surface area (Å²) in [6.07, 6.45) is 0. The van der Waals surface area contributed by atoms with Crippen LogP contribution in [0, 0.1) is 10.1 Å². The van der Waals surface area contributed by atoms with Crippen molar-refractivity contribution in [2.75, 3.05) is 0 Å². The second-order valence-electron chi connectivity index (χ2n) is 1.15. The van der Waals surface area contributed by atoms with Crippen LogP contribution in [0.2, 0.25) is 0 Å². The first-order valence-electron chi connectivity index (χ1n) is 1.88. The van der Waals surface area contributed by atoms with E-state index < -0.39 is 10.9 Å². The van der Waals surface area contributed by atoms with E-state index in [2.05, 4.69) is 31.2 Å². The summed E-state index contributed by atoms with van der Waals surface area (Å²) in [5, 5.41) is 15.1. The van der Waals surface area contributed by atoms with Crippen molar-refractivity contribution in [3.8, 4) is 0 Å². The van der Waals surface area contributed by atoms with E-state index in [1.165, 1.54) is 0 Å². The summed E-state index contributed by atoms with van der Waals surface area (Å²) in [4.78, 5) is 12.4. The van der Waals surface area contributed by atoms with E-state index in [9.17, 15) is 10.1 Å². The summed E-state index contributed by atoms with van der Waals surface area (Å²) < 4.78 is 0.00852. The molecule has 6 nitrogen and oxygen atoms in total. The van der Waals surface area contributed by atoms with Crippen LogP contribution in [-0.2, 0) is 16.0 Å². The van der Waals surface area contributed by atoms with Gasteiger partial charge in [-0.25, -0.2) is 0 Å². The van der Waals surface area contributed by atoms with Gasteiger partial charge in [-0.3, -0.25) is 0 Å². The van der Waals surface area contributed by atoms with Crippen LogP contribution in [0.25, 0.3) is 0 Å². The summed E-state index contributed by atoms with van der Waals surface area (Å²) in [7, 11) is 0. The van der Waals surface area contributed by atoms with Gasteiger partial charge < -0.3 is 0 Å². The van der Waals surface area contributed by atoms with Crippen LogP contribution in [0.3, 0.4) is 0 Å². The molecule has 1 rings (SSSR count). The molecule has 1 heterocycles. The van der Waals surface area contributed by atoms with Gasteiger partial charge in [0.25, 0.3) is 0 Å². The van der Waals surface area contributed by atoms with Gasteiger partial charge in [0.15, 0.2) is 0 Å². The molecule has 0 spiro atoms. The quantitative estimate of drug-likeness (QED) is 0.334. The molecule has 1 N–H and O–H groups in total. The minimum absolute atomic E-state index is 0.00852. The standard InChI is InChI=1S/C2HN4O2.Cu/c7-6(8)2-3-1-4-5-2;/h(H,3,4,5);. The molecular formula is C2HCuN4O2. The fraction of sp³-hybridized carbons (Fsp3) is 0. The van der Waals surface area contributed by atoms with Gasteiger partial charge in [0.1, 0.15) is 0 Å². The van der Waals surface area contributed by atoms with E-state index in [4.69, 9.17) is 0 Å². The van der Waals surface area contributed by atoms with Crippen molar-refractivity contribution in [1.82, 2.24) is 15.2 Å². The van der Waals surface area contributed by atoms with E-state index in [0.717, 1.165) is 0 Å². The van der Waals surface area contributed by atoms with Gasteiger partial charge in [-0.15, -0.1) is 0 Å². The molecule has 0 aliphatic rings. The molecule has 0 aliphatic carbocycles. The first-order chi connectivity index (χ1) is 4.20. The van der Waals surface area contributed by atoms with Gasteiger partial charge in [-0.05, 0) is 0 Å². The molecule has 7 heteroatoms. The summed E-state index contributed by atoms with van der Waals surface area (Å²) >= 11 is 4.56. The molecule has 0 saturated carbocycles. The van der Waals surface area contributed by atoms with E-state index in [-0.39, 0.29) is 4.72 Å². The Bertz CT molecular complexity index is 232. The average Bonchev–Trinajstić information content (AvgIpc) is 2.14. The van der Waals surface area contributed by atoms with E-state index in [0.29, 0.717) is 0 Å². The molecule has 1 aromatic heterocycles. The molecule has 0 radical (unpaired) electrons. The fourth-order valence-corrected chi connectivity index (χ4v) is 0.450. The van der Waals surface area contributed by atoms with Gasteiger partial charge >= 0.3 is 56.9 Å². The van der Waals surface area contributed by atoms with E-state index >= 15 is 0 Å². The van der Waals surface area contributed by atoms with Gasteiger partial charge in [0, 0.05) is 0 Å². The fourth-order valence-electron chi connectivity index (χ4n) is 0.304. The number of aromatic amines is 1. The van der Waals surface area contributed by atoms with Crippen LogP contribution in [-0.4, -0.2) is 20.1 Å². The Kier molecular flexibility index (Phi) is 1.46. The second kappa shape index (κ2) is 2.12. The van der Waals surface area contributed by atoms with Gasteiger partial charge in [-0.2, -0.15) is 0 Å². The predicted molar refractivity (Wildman–Crippen MR) is 22.7 cm³/mol. The summed E-state index contributed by atoms with van der Waals surface area (Å²) in [6, 6.07) is 0. The number of nitrogens with one attached hydrogen (secondary N) is 1. The predicted octanol–water partition coefficient (Wildman–Crippen LogP) is -1.12. The van der Waals surface area contributed by atoms with Crippen LogP contribution in [0.1, 0.15) is 0 Å². The molecule has 0 aliphatic heterocycles. The molecule has 0 bridgehead atoms. The Morgan fingerprint density at radius 3 is 2.67 bits per heavy atom. The zero-order valence-corrected chi connectivity index (χ0v) is 4.90. The average molecular weight is 177 g/mol. The third kappa shape index (κ3) is 1.24. The number of rotatable bonds is 1. The molecule has 0 atom stereocenters. The summed E-state index contributed by atoms with van der Waals surface area (Å²) in [6.45, 7) is 0. The van der Waals surface area contributed by atoms with Crippen molar-refractivity contribution < 1.29 is 20.9 Å². The maximum absolute atomic E-state index is 9.83. The number of nitro groups is 1. The molecule has 0 fully saturated rings. The van der Waals surface area contributed by atoms with Crippen molar-refractivity contribution in [2.24, 2.45) is 0 Å². The summed E-state index contributed by atoms with van der Waals surface area (Å²) in [5.74, 6) is -0.491. The zero-order chi connectivity index (χ0) is 6.85. The van der Waals surface area contributed by atoms with Crippen LogP contribution in [0.15, 0.2) is 0 Å². The normalized spacial score (nSPS) is 9.56. The van der Waals surface area contributed by atoms with Crippen LogP contribution in [0.4, 0.5) is 5.95 Å². The number of nitrogens with zero attached hydrogens (tertiary/aromatic N) is 3. The number of hydrogen-bond donors (Lipinski definition) is 1. The zero-order valence-electron chi connectivity index (χ0n) is 3.96. The third-order valence-electron chi connectivity index (χ3n) is 0.593. The molecule has 1 aromatic rings. The van der Waals surface area contributed by atoms with Crippen molar-refractivity contribution in [3.05, 3.63) is 10.1 Å². The minimum atomic E-state index is -0.719. The van der Waals surface area contributed by atoms with E-state index in [1.54, 1.807) is 0 Å².